The first kappa shape index (κ1) is 14.7. The lowest BCUT2D eigenvalue weighted by molar-refractivity contribution is -0.268. The van der Waals surface area contributed by atoms with Crippen LogP contribution < -0.4 is 4.74 Å². The molecule has 0 bridgehead atoms. The van der Waals surface area contributed by atoms with Crippen molar-refractivity contribution in [3.63, 3.8) is 0 Å². The van der Waals surface area contributed by atoms with Gasteiger partial charge in [0.25, 0.3) is 0 Å². The summed E-state index contributed by atoms with van der Waals surface area (Å²) in [6, 6.07) is 5.88. The normalized spacial score (nSPS) is 33.7. The Hall–Kier alpha value is -1.67. The van der Waals surface area contributed by atoms with E-state index in [1.54, 1.807) is 6.07 Å². The molecule has 0 saturated carbocycles. The van der Waals surface area contributed by atoms with Gasteiger partial charge in [-0.05, 0) is 19.1 Å². The van der Waals surface area contributed by atoms with Crippen LogP contribution in [-0.4, -0.2) is 57.1 Å². The van der Waals surface area contributed by atoms with E-state index in [-0.39, 0.29) is 11.3 Å². The third kappa shape index (κ3) is 2.75. The molecule has 1 aliphatic rings. The maximum atomic E-state index is 11.1. The molecule has 5 atom stereocenters. The van der Waals surface area contributed by atoms with E-state index in [0.29, 0.717) is 0 Å². The molecule has 5 unspecified atom stereocenters. The molecule has 4 N–H and O–H groups in total. The molecule has 1 aromatic carbocycles. The molecular formula is C13H16O7. The summed E-state index contributed by atoms with van der Waals surface area (Å²) in [4.78, 5) is 11.1. The van der Waals surface area contributed by atoms with Gasteiger partial charge in [-0.1, -0.05) is 12.1 Å². The highest BCUT2D eigenvalue weighted by molar-refractivity contribution is 5.90. The van der Waals surface area contributed by atoms with Crippen LogP contribution in [0.3, 0.4) is 0 Å². The quantitative estimate of drug-likeness (QED) is 0.596. The van der Waals surface area contributed by atoms with Gasteiger partial charge in [-0.15, -0.1) is 0 Å². The zero-order valence-corrected chi connectivity index (χ0v) is 10.7. The Morgan fingerprint density at radius 1 is 1.15 bits per heavy atom. The smallest absolute Gasteiger partial charge is 0.339 e. The number of aliphatic hydroxyl groups is 3. The number of hydrogen-bond acceptors (Lipinski definition) is 6. The molecule has 7 nitrogen and oxygen atoms in total. The Kier molecular flexibility index (Phi) is 4.24. The highest BCUT2D eigenvalue weighted by Gasteiger charge is 2.43. The van der Waals surface area contributed by atoms with Crippen molar-refractivity contribution in [1.82, 2.24) is 0 Å². The van der Waals surface area contributed by atoms with Crippen LogP contribution in [-0.2, 0) is 4.74 Å². The monoisotopic (exact) mass is 284 g/mol. The maximum Gasteiger partial charge on any atom is 0.339 e. The fourth-order valence-electron chi connectivity index (χ4n) is 1.98. The molecule has 1 fully saturated rings. The van der Waals surface area contributed by atoms with Crippen LogP contribution in [0.15, 0.2) is 24.3 Å². The molecule has 20 heavy (non-hydrogen) atoms. The zero-order valence-electron chi connectivity index (χ0n) is 10.7. The molecule has 0 amide bonds. The van der Waals surface area contributed by atoms with E-state index in [1.165, 1.54) is 25.1 Å². The Bertz CT molecular complexity index is 489. The molecule has 1 heterocycles. The van der Waals surface area contributed by atoms with E-state index >= 15 is 0 Å². The Morgan fingerprint density at radius 3 is 2.45 bits per heavy atom. The van der Waals surface area contributed by atoms with Gasteiger partial charge in [0.1, 0.15) is 29.6 Å². The number of para-hydroxylation sites is 1. The highest BCUT2D eigenvalue weighted by Crippen LogP contribution is 2.26. The van der Waals surface area contributed by atoms with Crippen molar-refractivity contribution in [3.05, 3.63) is 29.8 Å². The van der Waals surface area contributed by atoms with E-state index in [2.05, 4.69) is 0 Å². The Morgan fingerprint density at radius 2 is 1.80 bits per heavy atom. The predicted molar refractivity (Wildman–Crippen MR) is 66.4 cm³/mol. The zero-order chi connectivity index (χ0) is 14.9. The standard InChI is InChI=1S/C13H16O7/c1-6-9(14)10(15)11(16)13(19-6)20-8-5-3-2-4-7(8)12(17)18/h2-6,9-11,13-16H,1H3,(H,17,18). The fourth-order valence-corrected chi connectivity index (χ4v) is 1.98. The Balaban J connectivity index is 2.20. The maximum absolute atomic E-state index is 11.1. The summed E-state index contributed by atoms with van der Waals surface area (Å²) in [7, 11) is 0. The molecule has 0 radical (unpaired) electrons. The van der Waals surface area contributed by atoms with Crippen LogP contribution in [0.1, 0.15) is 17.3 Å². The second kappa shape index (κ2) is 5.76. The SMILES string of the molecule is CC1OC(Oc2ccccc2C(=O)O)C(O)C(O)C1O. The lowest BCUT2D eigenvalue weighted by Gasteiger charge is -2.39. The van der Waals surface area contributed by atoms with Gasteiger partial charge in [-0.3, -0.25) is 0 Å². The van der Waals surface area contributed by atoms with Gasteiger partial charge in [0.15, 0.2) is 0 Å². The molecule has 2 rings (SSSR count). The number of carbonyl (C=O) groups is 1. The van der Waals surface area contributed by atoms with Gasteiger partial charge in [-0.2, -0.15) is 0 Å². The number of aromatic carboxylic acids is 1. The van der Waals surface area contributed by atoms with E-state index in [4.69, 9.17) is 14.6 Å². The first-order chi connectivity index (χ1) is 9.41. The topological polar surface area (TPSA) is 116 Å². The molecule has 0 aliphatic carbocycles. The predicted octanol–water partition coefficient (Wildman–Crippen LogP) is -0.409. The minimum atomic E-state index is -1.48. The van der Waals surface area contributed by atoms with Gasteiger partial charge in [0.05, 0.1) is 6.10 Å². The van der Waals surface area contributed by atoms with Gasteiger partial charge < -0.3 is 29.9 Å². The number of benzene rings is 1. The van der Waals surface area contributed by atoms with Gasteiger partial charge in [-0.25, -0.2) is 4.79 Å². The third-order valence-electron chi connectivity index (χ3n) is 3.17. The van der Waals surface area contributed by atoms with Crippen LogP contribution in [0.5, 0.6) is 5.75 Å². The van der Waals surface area contributed by atoms with E-state index in [9.17, 15) is 20.1 Å². The summed E-state index contributed by atoms with van der Waals surface area (Å²) in [5, 5.41) is 38.1. The fraction of sp³-hybridized carbons (Fsp3) is 0.462. The summed E-state index contributed by atoms with van der Waals surface area (Å²) in [5.41, 5.74) is -0.0865. The molecule has 110 valence electrons. The number of hydrogen-bond donors (Lipinski definition) is 4. The van der Waals surface area contributed by atoms with Crippen LogP contribution in [0.2, 0.25) is 0 Å². The second-order valence-electron chi connectivity index (χ2n) is 4.60. The van der Waals surface area contributed by atoms with Gasteiger partial charge in [0, 0.05) is 0 Å². The Labute approximate surface area is 115 Å². The van der Waals surface area contributed by atoms with Crippen molar-refractivity contribution in [2.75, 3.05) is 0 Å². The molecular weight excluding hydrogens is 268 g/mol. The van der Waals surface area contributed by atoms with E-state index in [0.717, 1.165) is 0 Å². The lowest BCUT2D eigenvalue weighted by Crippen LogP contribution is -2.58. The third-order valence-corrected chi connectivity index (χ3v) is 3.17. The summed E-state index contributed by atoms with van der Waals surface area (Å²) < 4.78 is 10.6. The van der Waals surface area contributed by atoms with Crippen LogP contribution >= 0.6 is 0 Å². The van der Waals surface area contributed by atoms with Gasteiger partial charge in [0.2, 0.25) is 6.29 Å². The number of ether oxygens (including phenoxy) is 2. The summed E-state index contributed by atoms with van der Waals surface area (Å²) in [5.74, 6) is -1.17. The van der Waals surface area contributed by atoms with Crippen molar-refractivity contribution in [2.45, 2.75) is 37.6 Å². The lowest BCUT2D eigenvalue weighted by atomic mass is 10.00. The van der Waals surface area contributed by atoms with Crippen molar-refractivity contribution < 1.29 is 34.7 Å². The molecule has 1 aliphatic heterocycles. The summed E-state index contributed by atoms with van der Waals surface area (Å²) >= 11 is 0. The summed E-state index contributed by atoms with van der Waals surface area (Å²) in [6.45, 7) is 1.51. The van der Waals surface area contributed by atoms with Crippen LogP contribution in [0.4, 0.5) is 0 Å². The second-order valence-corrected chi connectivity index (χ2v) is 4.60. The van der Waals surface area contributed by atoms with E-state index < -0.39 is 36.7 Å². The van der Waals surface area contributed by atoms with Crippen LogP contribution in [0, 0.1) is 0 Å². The average molecular weight is 284 g/mol. The average Bonchev–Trinajstić information content (AvgIpc) is 2.43. The van der Waals surface area contributed by atoms with Crippen molar-refractivity contribution >= 4 is 5.97 Å². The van der Waals surface area contributed by atoms with Crippen molar-refractivity contribution in [2.24, 2.45) is 0 Å². The number of aliphatic hydroxyl groups excluding tert-OH is 3. The minimum absolute atomic E-state index is 0.0137. The number of rotatable bonds is 3. The molecule has 0 spiro atoms. The molecule has 7 heteroatoms. The first-order valence-corrected chi connectivity index (χ1v) is 6.10. The molecule has 1 saturated heterocycles. The first-order valence-electron chi connectivity index (χ1n) is 6.10. The highest BCUT2D eigenvalue weighted by atomic mass is 16.7. The van der Waals surface area contributed by atoms with Crippen molar-refractivity contribution in [1.29, 1.82) is 0 Å². The number of carboxylic acids is 1. The van der Waals surface area contributed by atoms with E-state index in [1.807, 2.05) is 0 Å². The van der Waals surface area contributed by atoms with Crippen molar-refractivity contribution in [3.8, 4) is 5.75 Å². The summed E-state index contributed by atoms with van der Waals surface area (Å²) in [6.07, 6.45) is -6.16. The largest absolute Gasteiger partial charge is 0.478 e. The minimum Gasteiger partial charge on any atom is -0.478 e. The van der Waals surface area contributed by atoms with Gasteiger partial charge >= 0.3 is 5.97 Å². The number of carboxylic acid groups (broad SMARTS) is 1. The molecule has 1 aromatic rings. The van der Waals surface area contributed by atoms with Crippen LogP contribution in [0.25, 0.3) is 0 Å². The molecule has 0 aromatic heterocycles.